The van der Waals surface area contributed by atoms with Gasteiger partial charge in [-0.1, -0.05) is 25.8 Å². The standard InChI is InChI=1S/C35H37F3N2O5/c1-5-15-39-16-14-34-25-11-12-26(33(34)45-32-28(42)18-29(44-21(4)41)24(31(32)34)17-27(25)39)40(19-20(2)3)30(43)13-8-22-6-9-23(10-7-22)35(36,37)38/h5-7,9-10,18,20,25-27,33,42H,1,11-12,14-17,19H2,2-4H3/t25-,26+,27+,33-,34-/m0/s1. The van der Waals surface area contributed by atoms with E-state index in [0.717, 1.165) is 42.6 Å². The van der Waals surface area contributed by atoms with Crippen LogP contribution in [0.25, 0.3) is 0 Å². The molecule has 2 heterocycles. The number of alkyl halides is 3. The van der Waals surface area contributed by atoms with Crippen molar-refractivity contribution in [2.24, 2.45) is 11.8 Å². The number of benzene rings is 2. The molecule has 2 aliphatic carbocycles. The summed E-state index contributed by atoms with van der Waals surface area (Å²) in [6.07, 6.45) is -0.180. The molecule has 2 aromatic rings. The van der Waals surface area contributed by atoms with Crippen LogP contribution in [0, 0.1) is 23.7 Å². The molecule has 7 nitrogen and oxygen atoms in total. The second-order valence-corrected chi connectivity index (χ2v) is 13.0. The summed E-state index contributed by atoms with van der Waals surface area (Å²) in [6.45, 7) is 11.2. The van der Waals surface area contributed by atoms with Gasteiger partial charge in [-0.05, 0) is 68.3 Å². The first kappa shape index (κ1) is 31.0. The van der Waals surface area contributed by atoms with Crippen LogP contribution in [0.15, 0.2) is 43.0 Å². The molecule has 10 heteroatoms. The fourth-order valence-electron chi connectivity index (χ4n) is 8.31. The van der Waals surface area contributed by atoms with Crippen molar-refractivity contribution >= 4 is 11.9 Å². The largest absolute Gasteiger partial charge is 0.504 e. The second kappa shape index (κ2) is 11.4. The summed E-state index contributed by atoms with van der Waals surface area (Å²) in [5.74, 6) is 5.48. The van der Waals surface area contributed by atoms with Crippen molar-refractivity contribution in [2.45, 2.75) is 76.2 Å². The molecular formula is C35H37F3N2O5. The number of carbonyl (C=O) groups excluding carboxylic acids is 2. The lowest BCUT2D eigenvalue weighted by Gasteiger charge is -2.60. The maximum atomic E-state index is 13.8. The Labute approximate surface area is 261 Å². The maximum absolute atomic E-state index is 13.8. The van der Waals surface area contributed by atoms with E-state index in [1.165, 1.54) is 25.1 Å². The molecule has 2 bridgehead atoms. The molecule has 5 atom stereocenters. The molecule has 1 saturated carbocycles. The van der Waals surface area contributed by atoms with Crippen LogP contribution in [0.5, 0.6) is 17.2 Å². The average molecular weight is 623 g/mol. The van der Waals surface area contributed by atoms with Crippen molar-refractivity contribution in [3.8, 4) is 29.1 Å². The van der Waals surface area contributed by atoms with Gasteiger partial charge in [-0.3, -0.25) is 14.5 Å². The van der Waals surface area contributed by atoms with Gasteiger partial charge in [0.15, 0.2) is 11.5 Å². The number of phenolic OH excluding ortho intramolecular Hbond substituents is 1. The number of piperidine rings is 1. The van der Waals surface area contributed by atoms with Gasteiger partial charge in [0.1, 0.15) is 11.9 Å². The maximum Gasteiger partial charge on any atom is 0.416 e. The SMILES string of the molecule is C=CCN1CC[C@]23c4c5c(OC(C)=O)cc(O)c4O[C@H]2[C@H](N(CC(C)C)C(=O)C#Cc2ccc(C(F)(F)F)cc2)CC[C@H]3[C@H]1C5. The summed E-state index contributed by atoms with van der Waals surface area (Å²) in [6, 6.07) is 5.67. The number of likely N-dealkylation sites (tertiary alicyclic amines) is 1. The van der Waals surface area contributed by atoms with Gasteiger partial charge in [0.2, 0.25) is 0 Å². The average Bonchev–Trinajstić information content (AvgIpc) is 3.32. The van der Waals surface area contributed by atoms with E-state index < -0.39 is 35.1 Å². The molecule has 45 heavy (non-hydrogen) atoms. The lowest BCUT2D eigenvalue weighted by atomic mass is 9.50. The van der Waals surface area contributed by atoms with Crippen LogP contribution in [-0.4, -0.2) is 64.6 Å². The fourth-order valence-corrected chi connectivity index (χ4v) is 8.31. The highest BCUT2D eigenvalue weighted by molar-refractivity contribution is 5.94. The Bertz CT molecular complexity index is 1590. The first-order chi connectivity index (χ1) is 21.3. The molecule has 2 aromatic carbocycles. The number of hydrogen-bond acceptors (Lipinski definition) is 6. The third-order valence-corrected chi connectivity index (χ3v) is 9.86. The van der Waals surface area contributed by atoms with Gasteiger partial charge >= 0.3 is 12.1 Å². The first-order valence-corrected chi connectivity index (χ1v) is 15.4. The van der Waals surface area contributed by atoms with E-state index in [-0.39, 0.29) is 29.7 Å². The molecule has 1 saturated heterocycles. The van der Waals surface area contributed by atoms with Crippen molar-refractivity contribution in [1.82, 2.24) is 9.80 Å². The van der Waals surface area contributed by atoms with E-state index in [1.807, 2.05) is 19.9 Å². The summed E-state index contributed by atoms with van der Waals surface area (Å²) < 4.78 is 51.4. The zero-order chi connectivity index (χ0) is 32.3. The molecule has 1 spiro atoms. The van der Waals surface area contributed by atoms with Crippen molar-refractivity contribution in [3.05, 3.63) is 65.2 Å². The molecule has 0 unspecified atom stereocenters. The molecule has 6 rings (SSSR count). The number of nitrogens with zero attached hydrogens (tertiary/aromatic N) is 2. The zero-order valence-corrected chi connectivity index (χ0v) is 25.6. The Kier molecular flexibility index (Phi) is 7.88. The minimum atomic E-state index is -4.46. The third kappa shape index (κ3) is 5.25. The summed E-state index contributed by atoms with van der Waals surface area (Å²) >= 11 is 0. The molecule has 238 valence electrons. The minimum absolute atomic E-state index is 0.0953. The summed E-state index contributed by atoms with van der Waals surface area (Å²) in [5.41, 5.74) is 0.767. The molecule has 2 fully saturated rings. The smallest absolute Gasteiger partial charge is 0.416 e. The summed E-state index contributed by atoms with van der Waals surface area (Å²) in [7, 11) is 0. The highest BCUT2D eigenvalue weighted by atomic mass is 19.4. The Morgan fingerprint density at radius 2 is 2.00 bits per heavy atom. The highest BCUT2D eigenvalue weighted by Crippen LogP contribution is 2.65. The molecule has 2 aliphatic heterocycles. The van der Waals surface area contributed by atoms with Gasteiger partial charge in [0.25, 0.3) is 5.91 Å². The van der Waals surface area contributed by atoms with Crippen LogP contribution in [0.2, 0.25) is 0 Å². The quantitative estimate of drug-likeness (QED) is 0.199. The van der Waals surface area contributed by atoms with Crippen LogP contribution in [-0.2, 0) is 27.6 Å². The number of carbonyl (C=O) groups is 2. The van der Waals surface area contributed by atoms with Crippen LogP contribution in [0.3, 0.4) is 0 Å². The molecule has 0 aromatic heterocycles. The molecule has 1 N–H and O–H groups in total. The monoisotopic (exact) mass is 622 g/mol. The van der Waals surface area contributed by atoms with Gasteiger partial charge in [0.05, 0.1) is 11.6 Å². The van der Waals surface area contributed by atoms with Crippen LogP contribution in [0.1, 0.15) is 62.3 Å². The zero-order valence-electron chi connectivity index (χ0n) is 25.6. The van der Waals surface area contributed by atoms with Gasteiger partial charge in [0, 0.05) is 60.1 Å². The molecule has 0 radical (unpaired) electrons. The predicted octanol–water partition coefficient (Wildman–Crippen LogP) is 5.47. The van der Waals surface area contributed by atoms with Crippen molar-refractivity contribution in [1.29, 1.82) is 0 Å². The number of aromatic hydroxyl groups is 1. The minimum Gasteiger partial charge on any atom is -0.504 e. The Morgan fingerprint density at radius 1 is 1.27 bits per heavy atom. The van der Waals surface area contributed by atoms with Gasteiger partial charge in [-0.15, -0.1) is 6.58 Å². The van der Waals surface area contributed by atoms with E-state index >= 15 is 0 Å². The lowest BCUT2D eigenvalue weighted by molar-refractivity contribution is -0.138. The van der Waals surface area contributed by atoms with Crippen LogP contribution < -0.4 is 9.47 Å². The van der Waals surface area contributed by atoms with Crippen molar-refractivity contribution in [2.75, 3.05) is 19.6 Å². The Hall–Kier alpha value is -3.97. The van der Waals surface area contributed by atoms with Gasteiger partial charge in [-0.2, -0.15) is 13.2 Å². The van der Waals surface area contributed by atoms with Crippen LogP contribution in [0.4, 0.5) is 13.2 Å². The number of ether oxygens (including phenoxy) is 2. The Morgan fingerprint density at radius 3 is 2.64 bits per heavy atom. The molecule has 4 aliphatic rings. The predicted molar refractivity (Wildman–Crippen MR) is 161 cm³/mol. The van der Waals surface area contributed by atoms with E-state index in [0.29, 0.717) is 43.0 Å². The second-order valence-electron chi connectivity index (χ2n) is 13.0. The normalized spacial score (nSPS) is 26.3. The van der Waals surface area contributed by atoms with E-state index in [2.05, 4.69) is 23.3 Å². The van der Waals surface area contributed by atoms with Gasteiger partial charge < -0.3 is 19.5 Å². The number of esters is 1. The summed E-state index contributed by atoms with van der Waals surface area (Å²) in [5, 5.41) is 11.2. The fraction of sp³-hybridized carbons (Fsp3) is 0.486. The lowest BCUT2D eigenvalue weighted by Crippen LogP contribution is -2.69. The Balaban J connectivity index is 1.40. The molecular weight excluding hydrogens is 585 g/mol. The van der Waals surface area contributed by atoms with Crippen molar-refractivity contribution < 1.29 is 37.3 Å². The number of amides is 1. The topological polar surface area (TPSA) is 79.3 Å². The summed E-state index contributed by atoms with van der Waals surface area (Å²) in [4.78, 5) is 30.1. The van der Waals surface area contributed by atoms with E-state index in [9.17, 15) is 27.9 Å². The number of phenols is 1. The molecule has 1 amide bonds. The van der Waals surface area contributed by atoms with E-state index in [4.69, 9.17) is 9.47 Å². The van der Waals surface area contributed by atoms with E-state index in [1.54, 1.807) is 4.90 Å². The van der Waals surface area contributed by atoms with Gasteiger partial charge in [-0.25, -0.2) is 0 Å². The highest BCUT2D eigenvalue weighted by Gasteiger charge is 2.67. The third-order valence-electron chi connectivity index (χ3n) is 9.86. The number of rotatable bonds is 6. The van der Waals surface area contributed by atoms with Crippen molar-refractivity contribution in [3.63, 3.8) is 0 Å². The number of halogens is 3. The number of hydrogen-bond donors (Lipinski definition) is 1. The van der Waals surface area contributed by atoms with Crippen LogP contribution >= 0.6 is 0 Å². The first-order valence-electron chi connectivity index (χ1n) is 15.4.